The summed E-state index contributed by atoms with van der Waals surface area (Å²) in [5, 5.41) is 12.0. The first-order chi connectivity index (χ1) is 14.5. The van der Waals surface area contributed by atoms with Crippen molar-refractivity contribution in [1.82, 2.24) is 9.88 Å². The predicted octanol–water partition coefficient (Wildman–Crippen LogP) is 4.36. The number of amidine groups is 1. The number of halogens is 1. The molecule has 1 aromatic carbocycles. The van der Waals surface area contributed by atoms with E-state index in [1.807, 2.05) is 0 Å². The van der Waals surface area contributed by atoms with Gasteiger partial charge in [-0.1, -0.05) is 18.1 Å². The van der Waals surface area contributed by atoms with Crippen LogP contribution in [0.1, 0.15) is 49.9 Å². The van der Waals surface area contributed by atoms with E-state index in [1.165, 1.54) is 42.7 Å². The molecular formula is C22H20FN3O4S. The minimum Gasteiger partial charge on any atom is -0.478 e. The van der Waals surface area contributed by atoms with Crippen molar-refractivity contribution in [3.63, 3.8) is 0 Å². The topological polar surface area (TPSA) is 92.1 Å². The molecular weight excluding hydrogens is 421 g/mol. The van der Waals surface area contributed by atoms with Gasteiger partial charge in [0, 0.05) is 17.3 Å². The summed E-state index contributed by atoms with van der Waals surface area (Å²) in [5.74, 6) is 0.394. The highest BCUT2D eigenvalue weighted by molar-refractivity contribution is 7.11. The zero-order valence-electron chi connectivity index (χ0n) is 17.3. The maximum atomic E-state index is 14.3. The average Bonchev–Trinajstić information content (AvgIpc) is 3.19. The molecule has 0 radical (unpaired) electrons. The van der Waals surface area contributed by atoms with Gasteiger partial charge < -0.3 is 9.84 Å². The molecule has 160 valence electrons. The molecule has 0 fully saturated rings. The summed E-state index contributed by atoms with van der Waals surface area (Å²) in [6.07, 6.45) is 6.23. The van der Waals surface area contributed by atoms with Gasteiger partial charge in [-0.2, -0.15) is 0 Å². The second-order valence-electron chi connectivity index (χ2n) is 7.66. The lowest BCUT2D eigenvalue weighted by molar-refractivity contribution is -0.133. The first kappa shape index (κ1) is 22.2. The molecule has 0 spiro atoms. The maximum Gasteiger partial charge on any atom is 0.420 e. The van der Waals surface area contributed by atoms with Gasteiger partial charge in [0.05, 0.1) is 11.1 Å². The van der Waals surface area contributed by atoms with Gasteiger partial charge in [-0.3, -0.25) is 4.99 Å². The highest BCUT2D eigenvalue weighted by atomic mass is 32.1. The second-order valence-corrected chi connectivity index (χ2v) is 8.56. The number of hydrogen-bond acceptors (Lipinski definition) is 6. The minimum absolute atomic E-state index is 0.0826. The van der Waals surface area contributed by atoms with Crippen LogP contribution in [0.25, 0.3) is 0 Å². The monoisotopic (exact) mass is 441 g/mol. The fraction of sp³-hybridized carbons (Fsp3) is 0.273. The van der Waals surface area contributed by atoms with E-state index in [2.05, 4.69) is 15.9 Å². The standard InChI is InChI=1S/C22H20FN3O4S/c1-6-13-14(8-7-9-15(13)23)17-16(20(27)28)12(2)26(21(29)30-22(3,4)5)18(25-17)19-24-10-11-31-19/h1,7-11,17H,2-5H3,(H,27,28)/t17-/m0/s1. The van der Waals surface area contributed by atoms with Crippen LogP contribution in [0.5, 0.6) is 0 Å². The Morgan fingerprint density at radius 2 is 2.06 bits per heavy atom. The van der Waals surface area contributed by atoms with Gasteiger partial charge in [0.15, 0.2) is 10.8 Å². The molecule has 31 heavy (non-hydrogen) atoms. The van der Waals surface area contributed by atoms with Crippen LogP contribution in [0.4, 0.5) is 9.18 Å². The maximum absolute atomic E-state index is 14.3. The van der Waals surface area contributed by atoms with E-state index in [1.54, 1.807) is 26.2 Å². The van der Waals surface area contributed by atoms with Crippen molar-refractivity contribution in [3.8, 4) is 12.3 Å². The lowest BCUT2D eigenvalue weighted by Crippen LogP contribution is -2.43. The number of nitrogens with zero attached hydrogens (tertiary/aromatic N) is 3. The number of benzene rings is 1. The number of rotatable bonds is 3. The quantitative estimate of drug-likeness (QED) is 0.715. The van der Waals surface area contributed by atoms with Gasteiger partial charge in [-0.25, -0.2) is 23.9 Å². The third kappa shape index (κ3) is 4.34. The number of ether oxygens (including phenoxy) is 1. The normalized spacial score (nSPS) is 16.6. The first-order valence-electron chi connectivity index (χ1n) is 9.25. The Kier molecular flexibility index (Phi) is 5.95. The molecule has 2 heterocycles. The third-order valence-electron chi connectivity index (χ3n) is 4.38. The molecule has 7 nitrogen and oxygen atoms in total. The van der Waals surface area contributed by atoms with Gasteiger partial charge in [0.25, 0.3) is 0 Å². The number of allylic oxidation sites excluding steroid dienone is 1. The molecule has 0 saturated carbocycles. The Hall–Kier alpha value is -3.51. The lowest BCUT2D eigenvalue weighted by Gasteiger charge is -2.33. The number of carbonyl (C=O) groups is 2. The smallest absolute Gasteiger partial charge is 0.420 e. The van der Waals surface area contributed by atoms with E-state index in [0.29, 0.717) is 5.01 Å². The van der Waals surface area contributed by atoms with Gasteiger partial charge in [0.1, 0.15) is 17.5 Å². The molecule has 1 aromatic heterocycles. The molecule has 1 aliphatic heterocycles. The molecule has 9 heteroatoms. The van der Waals surface area contributed by atoms with Crippen LogP contribution in [0.2, 0.25) is 0 Å². The summed E-state index contributed by atoms with van der Waals surface area (Å²) < 4.78 is 19.8. The van der Waals surface area contributed by atoms with E-state index in [9.17, 15) is 19.1 Å². The molecule has 0 saturated heterocycles. The average molecular weight is 441 g/mol. The van der Waals surface area contributed by atoms with Crippen LogP contribution in [0, 0.1) is 18.2 Å². The zero-order chi connectivity index (χ0) is 22.9. The molecule has 3 rings (SSSR count). The number of aliphatic imine (C=N–C) groups is 1. The minimum atomic E-state index is -1.31. The van der Waals surface area contributed by atoms with Crippen molar-refractivity contribution in [1.29, 1.82) is 0 Å². The summed E-state index contributed by atoms with van der Waals surface area (Å²) in [6.45, 7) is 6.56. The summed E-state index contributed by atoms with van der Waals surface area (Å²) in [5.41, 5.74) is -0.846. The van der Waals surface area contributed by atoms with Gasteiger partial charge in [-0.15, -0.1) is 17.8 Å². The number of carbonyl (C=O) groups excluding carboxylic acids is 1. The number of carboxylic acid groups (broad SMARTS) is 1. The first-order valence-corrected chi connectivity index (χ1v) is 10.1. The molecule has 2 aromatic rings. The van der Waals surface area contributed by atoms with Crippen molar-refractivity contribution in [2.75, 3.05) is 0 Å². The van der Waals surface area contributed by atoms with E-state index in [0.717, 1.165) is 4.90 Å². The Labute approximate surface area is 182 Å². The number of terminal acetylenes is 1. The Morgan fingerprint density at radius 3 is 2.61 bits per heavy atom. The Balaban J connectivity index is 2.27. The highest BCUT2D eigenvalue weighted by Gasteiger charge is 2.40. The molecule has 1 amide bonds. The predicted molar refractivity (Wildman–Crippen MR) is 114 cm³/mol. The van der Waals surface area contributed by atoms with Crippen LogP contribution in [-0.4, -0.2) is 38.5 Å². The highest BCUT2D eigenvalue weighted by Crippen LogP contribution is 2.38. The van der Waals surface area contributed by atoms with E-state index >= 15 is 0 Å². The summed E-state index contributed by atoms with van der Waals surface area (Å²) in [4.78, 5) is 35.0. The van der Waals surface area contributed by atoms with Crippen molar-refractivity contribution in [2.45, 2.75) is 39.3 Å². The number of carboxylic acids is 1. The van der Waals surface area contributed by atoms with Crippen LogP contribution in [-0.2, 0) is 9.53 Å². The number of thiazole rings is 1. The Morgan fingerprint density at radius 1 is 1.35 bits per heavy atom. The van der Waals surface area contributed by atoms with Crippen molar-refractivity contribution >= 4 is 29.2 Å². The number of aliphatic carboxylic acids is 1. The number of hydrogen-bond donors (Lipinski definition) is 1. The molecule has 0 bridgehead atoms. The van der Waals surface area contributed by atoms with E-state index < -0.39 is 29.5 Å². The summed E-state index contributed by atoms with van der Waals surface area (Å²) in [7, 11) is 0. The summed E-state index contributed by atoms with van der Waals surface area (Å²) >= 11 is 1.21. The molecule has 0 unspecified atom stereocenters. The van der Waals surface area contributed by atoms with Crippen LogP contribution in [0.15, 0.2) is 46.0 Å². The largest absolute Gasteiger partial charge is 0.478 e. The van der Waals surface area contributed by atoms with Crippen LogP contribution in [0.3, 0.4) is 0 Å². The van der Waals surface area contributed by atoms with Crippen molar-refractivity contribution in [2.24, 2.45) is 4.99 Å². The molecule has 1 N–H and O–H groups in total. The summed E-state index contributed by atoms with van der Waals surface area (Å²) in [6, 6.07) is 3.00. The van der Waals surface area contributed by atoms with E-state index in [4.69, 9.17) is 11.2 Å². The van der Waals surface area contributed by atoms with Crippen molar-refractivity contribution in [3.05, 3.63) is 63.0 Å². The lowest BCUT2D eigenvalue weighted by atomic mass is 9.92. The molecule has 1 atom stereocenters. The molecule has 0 aliphatic carbocycles. The fourth-order valence-electron chi connectivity index (χ4n) is 3.16. The Bertz CT molecular complexity index is 1140. The van der Waals surface area contributed by atoms with Gasteiger partial charge >= 0.3 is 12.1 Å². The van der Waals surface area contributed by atoms with Crippen LogP contribution < -0.4 is 0 Å². The van der Waals surface area contributed by atoms with Crippen LogP contribution >= 0.6 is 11.3 Å². The second kappa shape index (κ2) is 8.32. The van der Waals surface area contributed by atoms with Gasteiger partial charge in [-0.05, 0) is 39.3 Å². The fourth-order valence-corrected chi connectivity index (χ4v) is 3.78. The third-order valence-corrected chi connectivity index (χ3v) is 5.15. The molecule has 1 aliphatic rings. The van der Waals surface area contributed by atoms with Crippen molar-refractivity contribution < 1.29 is 23.8 Å². The zero-order valence-corrected chi connectivity index (χ0v) is 18.2. The van der Waals surface area contributed by atoms with E-state index in [-0.39, 0.29) is 28.2 Å². The van der Waals surface area contributed by atoms with Gasteiger partial charge in [0.2, 0.25) is 0 Å². The SMILES string of the molecule is C#Cc1c(F)cccc1[C@@H]1N=C(c2nccs2)N(C(=O)OC(C)(C)C)C(C)=C1C(=O)O. The number of amides is 1. The number of aromatic nitrogens is 1.